The van der Waals surface area contributed by atoms with Crippen molar-refractivity contribution in [3.8, 4) is 17.5 Å². The number of methoxy groups -OCH3 is 1. The smallest absolute Gasteiger partial charge is 0.438 e. The van der Waals surface area contributed by atoms with Crippen molar-refractivity contribution in [3.63, 3.8) is 0 Å². The van der Waals surface area contributed by atoms with Crippen molar-refractivity contribution in [1.82, 2.24) is 10.3 Å². The summed E-state index contributed by atoms with van der Waals surface area (Å²) in [6.07, 6.45) is -4.71. The molecule has 1 aromatic carbocycles. The molecule has 1 N–H and O–H groups in total. The van der Waals surface area contributed by atoms with Crippen LogP contribution in [0, 0.1) is 18.3 Å². The van der Waals surface area contributed by atoms with Crippen molar-refractivity contribution >= 4 is 17.5 Å². The lowest BCUT2D eigenvalue weighted by Crippen LogP contribution is -2.41. The van der Waals surface area contributed by atoms with E-state index in [-0.39, 0.29) is 21.8 Å². The minimum absolute atomic E-state index is 0.0741. The Balaban J connectivity index is 1.90. The zero-order chi connectivity index (χ0) is 22.8. The van der Waals surface area contributed by atoms with E-state index in [9.17, 15) is 28.0 Å². The van der Waals surface area contributed by atoms with Gasteiger partial charge in [-0.15, -0.1) is 0 Å². The molecule has 0 aliphatic carbocycles. The number of hydrogen-bond acceptors (Lipinski definition) is 7. The van der Waals surface area contributed by atoms with Gasteiger partial charge in [0.15, 0.2) is 0 Å². The minimum Gasteiger partial charge on any atom is -0.497 e. The Bertz CT molecular complexity index is 1230. The lowest BCUT2D eigenvalue weighted by Gasteiger charge is -2.10. The van der Waals surface area contributed by atoms with Crippen LogP contribution in [-0.4, -0.2) is 28.9 Å². The Kier molecular flexibility index (Phi) is 6.16. The third-order valence-electron chi connectivity index (χ3n) is 4.17. The van der Waals surface area contributed by atoms with Crippen LogP contribution in [0.5, 0.6) is 5.75 Å². The van der Waals surface area contributed by atoms with Gasteiger partial charge in [0.05, 0.1) is 18.4 Å². The molecule has 0 aliphatic rings. The summed E-state index contributed by atoms with van der Waals surface area (Å²) >= 11 is 0.630. The third-order valence-corrected chi connectivity index (χ3v) is 5.14. The van der Waals surface area contributed by atoms with E-state index in [1.54, 1.807) is 30.3 Å². The summed E-state index contributed by atoms with van der Waals surface area (Å²) in [6.45, 7) is 1.35. The SMILES string of the molecule is COc1ccc(-[n+]2[nH]oc(=O)c2C(=O)CSc2nc(C(F)(F)F)cc(C)c2C#N)cc1. The fourth-order valence-corrected chi connectivity index (χ4v) is 3.57. The van der Waals surface area contributed by atoms with E-state index in [2.05, 4.69) is 10.3 Å². The lowest BCUT2D eigenvalue weighted by atomic mass is 10.1. The molecular weight excluding hydrogens is 437 g/mol. The Morgan fingerprint density at radius 1 is 1.35 bits per heavy atom. The molecule has 12 heteroatoms. The summed E-state index contributed by atoms with van der Waals surface area (Å²) in [5.41, 5.74) is -2.08. The van der Waals surface area contributed by atoms with Crippen molar-refractivity contribution in [2.45, 2.75) is 18.1 Å². The number of thioether (sulfide) groups is 1. The van der Waals surface area contributed by atoms with Crippen LogP contribution in [0.15, 0.2) is 44.7 Å². The van der Waals surface area contributed by atoms with Gasteiger partial charge in [0.25, 0.3) is 0 Å². The number of nitrogens with one attached hydrogen (secondary N) is 1. The Morgan fingerprint density at radius 2 is 2.03 bits per heavy atom. The number of aromatic amines is 1. The van der Waals surface area contributed by atoms with Crippen LogP contribution in [0.4, 0.5) is 13.2 Å². The monoisotopic (exact) mass is 451 g/mol. The van der Waals surface area contributed by atoms with Crippen LogP contribution in [0.25, 0.3) is 5.69 Å². The van der Waals surface area contributed by atoms with E-state index in [0.29, 0.717) is 23.2 Å². The standard InChI is InChI=1S/C19H13F3N4O4S/c1-10-7-15(19(20,21)22)24-17(13(10)8-23)31-9-14(27)16-18(28)30-25-26(16)11-3-5-12(29-2)6-4-11/h3-7H,9H2,1-2H3/p+1. The largest absolute Gasteiger partial charge is 0.497 e. The number of alkyl halides is 3. The average Bonchev–Trinajstić information content (AvgIpc) is 3.12. The van der Waals surface area contributed by atoms with Crippen LogP contribution >= 0.6 is 11.8 Å². The number of carbonyl (C=O) groups is 1. The number of aromatic nitrogens is 3. The van der Waals surface area contributed by atoms with Gasteiger partial charge in [0, 0.05) is 12.1 Å². The summed E-state index contributed by atoms with van der Waals surface area (Å²) < 4.78 is 50.1. The van der Waals surface area contributed by atoms with E-state index < -0.39 is 29.0 Å². The number of H-pyrrole nitrogens is 1. The first kappa shape index (κ1) is 22.1. The molecule has 0 saturated carbocycles. The highest BCUT2D eigenvalue weighted by Crippen LogP contribution is 2.32. The number of halogens is 3. The topological polar surface area (TPSA) is 113 Å². The van der Waals surface area contributed by atoms with E-state index in [1.165, 1.54) is 14.0 Å². The van der Waals surface area contributed by atoms with Gasteiger partial charge in [0.2, 0.25) is 11.5 Å². The number of nitriles is 1. The number of nitrogens with zero attached hydrogens (tertiary/aromatic N) is 3. The fourth-order valence-electron chi connectivity index (χ4n) is 2.66. The highest BCUT2D eigenvalue weighted by molar-refractivity contribution is 8.00. The maximum atomic E-state index is 13.1. The van der Waals surface area contributed by atoms with Gasteiger partial charge in [0.1, 0.15) is 22.5 Å². The Hall–Kier alpha value is -3.59. The summed E-state index contributed by atoms with van der Waals surface area (Å²) in [4.78, 5) is 28.3. The second-order valence-corrected chi connectivity index (χ2v) is 7.15. The first-order valence-electron chi connectivity index (χ1n) is 8.58. The molecule has 0 atom stereocenters. The van der Waals surface area contributed by atoms with E-state index in [1.807, 2.05) is 0 Å². The number of aryl methyl sites for hydroxylation is 1. The zero-order valence-electron chi connectivity index (χ0n) is 16.1. The minimum atomic E-state index is -4.71. The number of ketones is 1. The van der Waals surface area contributed by atoms with Gasteiger partial charge in [-0.2, -0.15) is 18.4 Å². The molecule has 0 unspecified atom stereocenters. The van der Waals surface area contributed by atoms with Crippen LogP contribution < -0.4 is 15.0 Å². The Labute approximate surface area is 177 Å². The van der Waals surface area contributed by atoms with Gasteiger partial charge in [-0.1, -0.05) is 11.8 Å². The van der Waals surface area contributed by atoms with Gasteiger partial charge in [-0.05, 0) is 40.6 Å². The van der Waals surface area contributed by atoms with E-state index >= 15 is 0 Å². The molecule has 3 rings (SSSR count). The van der Waals surface area contributed by atoms with Crippen LogP contribution in [0.2, 0.25) is 0 Å². The summed E-state index contributed by atoms with van der Waals surface area (Å²) in [5, 5.41) is 11.3. The molecule has 2 heterocycles. The molecule has 2 aromatic heterocycles. The number of rotatable bonds is 6. The number of Topliss-reactive ketones (excluding diaryl/α,β-unsaturated/α-hetero) is 1. The lowest BCUT2D eigenvalue weighted by molar-refractivity contribution is -0.672. The molecule has 0 radical (unpaired) electrons. The molecule has 0 amide bonds. The molecule has 0 spiro atoms. The van der Waals surface area contributed by atoms with Gasteiger partial charge < -0.3 is 4.74 Å². The molecule has 0 aliphatic heterocycles. The first-order chi connectivity index (χ1) is 14.7. The number of pyridine rings is 1. The Morgan fingerprint density at radius 3 is 2.61 bits per heavy atom. The van der Waals surface area contributed by atoms with Gasteiger partial charge in [-0.25, -0.2) is 9.78 Å². The average molecular weight is 451 g/mol. The normalized spacial score (nSPS) is 11.2. The molecule has 0 fully saturated rings. The predicted octanol–water partition coefficient (Wildman–Crippen LogP) is 2.82. The van der Waals surface area contributed by atoms with Crippen LogP contribution in [-0.2, 0) is 6.18 Å². The number of ether oxygens (including phenoxy) is 1. The quantitative estimate of drug-likeness (QED) is 0.348. The van der Waals surface area contributed by atoms with Crippen molar-refractivity contribution in [2.24, 2.45) is 0 Å². The molecule has 8 nitrogen and oxygen atoms in total. The molecule has 160 valence electrons. The highest BCUT2D eigenvalue weighted by Gasteiger charge is 2.35. The van der Waals surface area contributed by atoms with Gasteiger partial charge >= 0.3 is 17.5 Å². The molecule has 0 saturated heterocycles. The molecular formula is C19H14F3N4O4S+. The summed E-state index contributed by atoms with van der Waals surface area (Å²) in [5.74, 6) is -0.619. The number of hydrogen-bond donors (Lipinski definition) is 1. The fraction of sp³-hybridized carbons (Fsp3) is 0.211. The number of carbonyl (C=O) groups excluding carboxylic acids is 1. The molecule has 3 aromatic rings. The second-order valence-electron chi connectivity index (χ2n) is 6.19. The maximum Gasteiger partial charge on any atom is 0.438 e. The van der Waals surface area contributed by atoms with Crippen molar-refractivity contribution < 1.29 is 31.9 Å². The zero-order valence-corrected chi connectivity index (χ0v) is 16.9. The second kappa shape index (κ2) is 8.65. The van der Waals surface area contributed by atoms with E-state index in [0.717, 1.165) is 10.7 Å². The predicted molar refractivity (Wildman–Crippen MR) is 101 cm³/mol. The summed E-state index contributed by atoms with van der Waals surface area (Å²) in [7, 11) is 1.48. The van der Waals surface area contributed by atoms with Crippen molar-refractivity contribution in [1.29, 1.82) is 5.26 Å². The van der Waals surface area contributed by atoms with Crippen LogP contribution in [0.3, 0.4) is 0 Å². The first-order valence-corrected chi connectivity index (χ1v) is 9.57. The van der Waals surface area contributed by atoms with Gasteiger partial charge in [-0.3, -0.25) is 9.32 Å². The van der Waals surface area contributed by atoms with E-state index in [4.69, 9.17) is 9.26 Å². The highest BCUT2D eigenvalue weighted by atomic mass is 32.2. The number of benzene rings is 1. The molecule has 0 bridgehead atoms. The maximum absolute atomic E-state index is 13.1. The van der Waals surface area contributed by atoms with Crippen LogP contribution in [0.1, 0.15) is 27.3 Å². The summed E-state index contributed by atoms with van der Waals surface area (Å²) in [6, 6.07) is 8.90. The third kappa shape index (κ3) is 4.61. The molecule has 31 heavy (non-hydrogen) atoms. The van der Waals surface area contributed by atoms with Crippen molar-refractivity contribution in [3.05, 3.63) is 63.3 Å². The van der Waals surface area contributed by atoms with Crippen molar-refractivity contribution in [2.75, 3.05) is 12.9 Å².